The molecule has 35 heavy (non-hydrogen) atoms. The fraction of sp³-hybridized carbons (Fsp3) is 0.621. The standard InChI is InChI=1S/C29H46N2O4/c1-20(2)18-25(26(32)30-31(19-21(3)4)27(33)22(5)6)24(28(34)35-29(7,8)9)17-13-16-23-14-11-10-12-15-23/h10-16,20-22,24-25H,17-19H2,1-9H3,(H,30,32)/t24-,25+/m0/s1. The molecule has 0 heterocycles. The molecule has 196 valence electrons. The third-order valence-electron chi connectivity index (χ3n) is 5.31. The van der Waals surface area contributed by atoms with Crippen molar-refractivity contribution in [3.8, 4) is 0 Å². The Morgan fingerprint density at radius 2 is 1.54 bits per heavy atom. The number of ether oxygens (including phenoxy) is 1. The summed E-state index contributed by atoms with van der Waals surface area (Å²) < 4.78 is 5.74. The monoisotopic (exact) mass is 486 g/mol. The van der Waals surface area contributed by atoms with Crippen molar-refractivity contribution in [2.45, 2.75) is 80.8 Å². The van der Waals surface area contributed by atoms with Crippen LogP contribution < -0.4 is 5.43 Å². The number of nitrogens with zero attached hydrogens (tertiary/aromatic N) is 1. The summed E-state index contributed by atoms with van der Waals surface area (Å²) in [5.74, 6) is -2.09. The van der Waals surface area contributed by atoms with Crippen LogP contribution in [0.5, 0.6) is 0 Å². The third kappa shape index (κ3) is 11.6. The first-order valence-electron chi connectivity index (χ1n) is 12.8. The van der Waals surface area contributed by atoms with Crippen LogP contribution in [0.3, 0.4) is 0 Å². The molecule has 1 N–H and O–H groups in total. The largest absolute Gasteiger partial charge is 0.460 e. The van der Waals surface area contributed by atoms with Gasteiger partial charge in [0.1, 0.15) is 5.60 Å². The van der Waals surface area contributed by atoms with Crippen molar-refractivity contribution in [3.05, 3.63) is 42.0 Å². The van der Waals surface area contributed by atoms with Gasteiger partial charge in [0, 0.05) is 12.5 Å². The van der Waals surface area contributed by atoms with Gasteiger partial charge >= 0.3 is 5.97 Å². The predicted molar refractivity (Wildman–Crippen MR) is 142 cm³/mol. The van der Waals surface area contributed by atoms with Gasteiger partial charge in [0.25, 0.3) is 0 Å². The van der Waals surface area contributed by atoms with Gasteiger partial charge in [-0.25, -0.2) is 0 Å². The van der Waals surface area contributed by atoms with Gasteiger partial charge in [-0.05, 0) is 51.0 Å². The van der Waals surface area contributed by atoms with Crippen molar-refractivity contribution in [1.82, 2.24) is 10.4 Å². The average Bonchev–Trinajstić information content (AvgIpc) is 2.73. The van der Waals surface area contributed by atoms with Crippen LogP contribution in [0.25, 0.3) is 6.08 Å². The smallest absolute Gasteiger partial charge is 0.310 e. The number of esters is 1. The van der Waals surface area contributed by atoms with Gasteiger partial charge in [0.15, 0.2) is 0 Å². The summed E-state index contributed by atoms with van der Waals surface area (Å²) in [6.07, 6.45) is 4.74. The number of rotatable bonds is 11. The molecular weight excluding hydrogens is 440 g/mol. The summed E-state index contributed by atoms with van der Waals surface area (Å²) in [5, 5.41) is 1.41. The Balaban J connectivity index is 3.28. The molecule has 0 aliphatic heterocycles. The van der Waals surface area contributed by atoms with E-state index in [1.807, 2.05) is 105 Å². The molecule has 0 unspecified atom stereocenters. The van der Waals surface area contributed by atoms with Crippen LogP contribution >= 0.6 is 0 Å². The molecule has 1 rings (SSSR count). The quantitative estimate of drug-likeness (QED) is 0.313. The van der Waals surface area contributed by atoms with E-state index < -0.39 is 23.4 Å². The lowest BCUT2D eigenvalue weighted by Gasteiger charge is -2.32. The first kappa shape index (κ1) is 30.4. The molecule has 1 aromatic rings. The molecule has 0 bridgehead atoms. The van der Waals surface area contributed by atoms with Crippen LogP contribution in [0.1, 0.15) is 80.7 Å². The second kappa shape index (κ2) is 14.1. The van der Waals surface area contributed by atoms with E-state index in [1.165, 1.54) is 5.01 Å². The van der Waals surface area contributed by atoms with E-state index in [0.717, 1.165) is 5.56 Å². The number of carbonyl (C=O) groups is 3. The van der Waals surface area contributed by atoms with Crippen LogP contribution in [0.2, 0.25) is 0 Å². The summed E-state index contributed by atoms with van der Waals surface area (Å²) in [5.41, 5.74) is 3.20. The highest BCUT2D eigenvalue weighted by Crippen LogP contribution is 2.28. The maximum absolute atomic E-state index is 13.6. The molecule has 0 aliphatic carbocycles. The zero-order valence-corrected chi connectivity index (χ0v) is 23.1. The Morgan fingerprint density at radius 1 is 0.943 bits per heavy atom. The van der Waals surface area contributed by atoms with E-state index in [2.05, 4.69) is 5.43 Å². The zero-order valence-electron chi connectivity index (χ0n) is 23.1. The van der Waals surface area contributed by atoms with E-state index >= 15 is 0 Å². The summed E-state index contributed by atoms with van der Waals surface area (Å²) in [4.78, 5) is 39.7. The van der Waals surface area contributed by atoms with Gasteiger partial charge < -0.3 is 4.74 Å². The van der Waals surface area contributed by atoms with Gasteiger partial charge in [-0.1, -0.05) is 84.0 Å². The third-order valence-corrected chi connectivity index (χ3v) is 5.31. The average molecular weight is 487 g/mol. The summed E-state index contributed by atoms with van der Waals surface area (Å²) in [6.45, 7) is 17.5. The molecule has 0 saturated carbocycles. The number of hydrogen-bond donors (Lipinski definition) is 1. The summed E-state index contributed by atoms with van der Waals surface area (Å²) in [6, 6.07) is 9.83. The highest BCUT2D eigenvalue weighted by atomic mass is 16.6. The van der Waals surface area contributed by atoms with Crippen molar-refractivity contribution >= 4 is 23.9 Å². The van der Waals surface area contributed by atoms with Crippen LogP contribution in [-0.4, -0.2) is 34.9 Å². The molecule has 0 aliphatic rings. The van der Waals surface area contributed by atoms with Crippen molar-refractivity contribution in [2.24, 2.45) is 29.6 Å². The number of hydrogen-bond acceptors (Lipinski definition) is 4. The maximum Gasteiger partial charge on any atom is 0.310 e. The second-order valence-electron chi connectivity index (χ2n) is 11.4. The van der Waals surface area contributed by atoms with E-state index in [-0.39, 0.29) is 29.6 Å². The zero-order chi connectivity index (χ0) is 26.8. The van der Waals surface area contributed by atoms with E-state index in [4.69, 9.17) is 4.74 Å². The lowest BCUT2D eigenvalue weighted by atomic mass is 9.82. The molecule has 0 radical (unpaired) electrons. The Hall–Kier alpha value is -2.63. The molecule has 0 fully saturated rings. The van der Waals surface area contributed by atoms with Gasteiger partial charge in [0.2, 0.25) is 11.8 Å². The highest BCUT2D eigenvalue weighted by Gasteiger charge is 2.37. The Labute approximate surface area is 212 Å². The molecule has 2 amide bonds. The summed E-state index contributed by atoms with van der Waals surface area (Å²) >= 11 is 0. The van der Waals surface area contributed by atoms with E-state index in [1.54, 1.807) is 0 Å². The first-order chi connectivity index (χ1) is 16.2. The molecule has 6 nitrogen and oxygen atoms in total. The van der Waals surface area contributed by atoms with Crippen molar-refractivity contribution in [3.63, 3.8) is 0 Å². The minimum Gasteiger partial charge on any atom is -0.460 e. The molecule has 6 heteroatoms. The summed E-state index contributed by atoms with van der Waals surface area (Å²) in [7, 11) is 0. The van der Waals surface area contributed by atoms with Gasteiger partial charge in [-0.15, -0.1) is 0 Å². The minimum atomic E-state index is -0.674. The number of allylic oxidation sites excluding steroid dienone is 1. The molecule has 2 atom stereocenters. The van der Waals surface area contributed by atoms with Crippen LogP contribution in [-0.2, 0) is 19.1 Å². The number of carbonyl (C=O) groups excluding carboxylic acids is 3. The van der Waals surface area contributed by atoms with Crippen molar-refractivity contribution in [2.75, 3.05) is 6.54 Å². The number of hydrazine groups is 1. The minimum absolute atomic E-state index is 0.145. The van der Waals surface area contributed by atoms with Gasteiger partial charge in [-0.2, -0.15) is 0 Å². The second-order valence-corrected chi connectivity index (χ2v) is 11.4. The lowest BCUT2D eigenvalue weighted by molar-refractivity contribution is -0.165. The first-order valence-corrected chi connectivity index (χ1v) is 12.8. The molecule has 0 aromatic heterocycles. The van der Waals surface area contributed by atoms with Crippen molar-refractivity contribution < 1.29 is 19.1 Å². The predicted octanol–water partition coefficient (Wildman–Crippen LogP) is 5.88. The highest BCUT2D eigenvalue weighted by molar-refractivity contribution is 5.88. The molecular formula is C29H46N2O4. The lowest BCUT2D eigenvalue weighted by Crippen LogP contribution is -2.53. The molecule has 0 saturated heterocycles. The van der Waals surface area contributed by atoms with E-state index in [0.29, 0.717) is 19.4 Å². The Morgan fingerprint density at radius 3 is 2.03 bits per heavy atom. The number of nitrogens with one attached hydrogen (secondary N) is 1. The topological polar surface area (TPSA) is 75.7 Å². The maximum atomic E-state index is 13.6. The van der Waals surface area contributed by atoms with Crippen LogP contribution in [0, 0.1) is 29.6 Å². The molecule has 0 spiro atoms. The van der Waals surface area contributed by atoms with E-state index in [9.17, 15) is 14.4 Å². The molecule has 1 aromatic carbocycles. The fourth-order valence-electron chi connectivity index (χ4n) is 3.76. The normalized spacial score (nSPS) is 13.8. The Kier molecular flexibility index (Phi) is 12.2. The van der Waals surface area contributed by atoms with Crippen LogP contribution in [0.15, 0.2) is 36.4 Å². The number of amides is 2. The fourth-order valence-corrected chi connectivity index (χ4v) is 3.76. The van der Waals surface area contributed by atoms with Crippen LogP contribution in [0.4, 0.5) is 0 Å². The van der Waals surface area contributed by atoms with Gasteiger partial charge in [-0.3, -0.25) is 24.8 Å². The van der Waals surface area contributed by atoms with Crippen molar-refractivity contribution in [1.29, 1.82) is 0 Å². The SMILES string of the molecule is CC(C)C[C@@H](C(=O)NN(CC(C)C)C(=O)C(C)C)[C@H](CC=Cc1ccccc1)C(=O)OC(C)(C)C. The number of benzene rings is 1. The van der Waals surface area contributed by atoms with Gasteiger partial charge in [0.05, 0.1) is 11.8 Å². The Bertz CT molecular complexity index is 838.